The molecule has 4 rings (SSSR count). The summed E-state index contributed by atoms with van der Waals surface area (Å²) in [7, 11) is 0. The highest BCUT2D eigenvalue weighted by molar-refractivity contribution is 6.10. The van der Waals surface area contributed by atoms with Crippen LogP contribution >= 0.6 is 0 Å². The molecule has 0 aliphatic rings. The minimum absolute atomic E-state index is 0.260. The van der Waals surface area contributed by atoms with Gasteiger partial charge in [0, 0.05) is 33.1 Å². The maximum absolute atomic E-state index is 12.9. The van der Waals surface area contributed by atoms with Crippen LogP contribution in [0.3, 0.4) is 0 Å². The van der Waals surface area contributed by atoms with Crippen LogP contribution < -0.4 is 5.32 Å². The molecule has 0 fully saturated rings. The van der Waals surface area contributed by atoms with Gasteiger partial charge in [-0.25, -0.2) is 4.39 Å². The normalized spacial score (nSPS) is 11.0. The Balaban J connectivity index is 1.70. The molecule has 2 N–H and O–H groups in total. The number of halogens is 1. The van der Waals surface area contributed by atoms with Crippen molar-refractivity contribution < 1.29 is 9.18 Å². The van der Waals surface area contributed by atoms with E-state index in [1.54, 1.807) is 0 Å². The zero-order valence-corrected chi connectivity index (χ0v) is 12.1. The quantitative estimate of drug-likeness (QED) is 0.553. The minimum Gasteiger partial charge on any atom is -0.355 e. The Morgan fingerprint density at radius 2 is 1.61 bits per heavy atom. The number of aromatic nitrogens is 1. The summed E-state index contributed by atoms with van der Waals surface area (Å²) in [5.41, 5.74) is 3.21. The molecule has 0 saturated carbocycles. The average Bonchev–Trinajstić information content (AvgIpc) is 2.93. The molecule has 1 amide bonds. The van der Waals surface area contributed by atoms with Crippen LogP contribution in [0.5, 0.6) is 0 Å². The second-order valence-corrected chi connectivity index (χ2v) is 5.39. The first-order chi connectivity index (χ1) is 11.2. The van der Waals surface area contributed by atoms with Gasteiger partial charge in [-0.2, -0.15) is 0 Å². The predicted molar refractivity (Wildman–Crippen MR) is 90.2 cm³/mol. The van der Waals surface area contributed by atoms with Gasteiger partial charge < -0.3 is 10.3 Å². The van der Waals surface area contributed by atoms with Gasteiger partial charge in [0.05, 0.1) is 0 Å². The number of anilines is 1. The summed E-state index contributed by atoms with van der Waals surface area (Å²) in [6.07, 6.45) is 0. The molecule has 3 nitrogen and oxygen atoms in total. The van der Waals surface area contributed by atoms with E-state index < -0.39 is 0 Å². The third-order valence-corrected chi connectivity index (χ3v) is 3.87. The van der Waals surface area contributed by atoms with E-state index >= 15 is 0 Å². The molecular weight excluding hydrogens is 291 g/mol. The number of aromatic amines is 1. The summed E-state index contributed by atoms with van der Waals surface area (Å²) in [5.74, 6) is -0.619. The first kappa shape index (κ1) is 13.5. The van der Waals surface area contributed by atoms with Gasteiger partial charge >= 0.3 is 0 Å². The van der Waals surface area contributed by atoms with Crippen molar-refractivity contribution in [1.29, 1.82) is 0 Å². The van der Waals surface area contributed by atoms with Crippen LogP contribution in [0.25, 0.3) is 21.8 Å². The van der Waals surface area contributed by atoms with Gasteiger partial charge in [-0.1, -0.05) is 18.2 Å². The number of amides is 1. The summed E-state index contributed by atoms with van der Waals surface area (Å²) in [4.78, 5) is 15.6. The molecule has 0 spiro atoms. The highest BCUT2D eigenvalue weighted by atomic mass is 19.1. The fourth-order valence-electron chi connectivity index (χ4n) is 2.73. The monoisotopic (exact) mass is 304 g/mol. The predicted octanol–water partition coefficient (Wildman–Crippen LogP) is 4.71. The third kappa shape index (κ3) is 2.44. The highest BCUT2D eigenvalue weighted by Crippen LogP contribution is 2.27. The number of fused-ring (bicyclic) bond motifs is 3. The molecule has 0 bridgehead atoms. The van der Waals surface area contributed by atoms with E-state index in [4.69, 9.17) is 0 Å². The molecule has 4 aromatic rings. The van der Waals surface area contributed by atoms with Crippen LogP contribution in [0, 0.1) is 5.82 Å². The molecule has 3 aromatic carbocycles. The third-order valence-electron chi connectivity index (χ3n) is 3.87. The van der Waals surface area contributed by atoms with E-state index in [9.17, 15) is 9.18 Å². The number of nitrogens with one attached hydrogen (secondary N) is 2. The van der Waals surface area contributed by atoms with E-state index in [1.165, 1.54) is 24.3 Å². The number of carbonyl (C=O) groups is 1. The molecule has 0 unspecified atom stereocenters. The van der Waals surface area contributed by atoms with Crippen molar-refractivity contribution in [3.05, 3.63) is 78.1 Å². The number of para-hydroxylation sites is 1. The first-order valence-electron chi connectivity index (χ1n) is 7.28. The van der Waals surface area contributed by atoms with E-state index in [1.807, 2.05) is 42.5 Å². The van der Waals surface area contributed by atoms with Gasteiger partial charge in [0.1, 0.15) is 5.82 Å². The van der Waals surface area contributed by atoms with Crippen LogP contribution in [0.4, 0.5) is 10.1 Å². The Hall–Kier alpha value is -3.14. The Bertz CT molecular complexity index is 1020. The van der Waals surface area contributed by atoms with E-state index in [-0.39, 0.29) is 11.7 Å². The number of benzene rings is 3. The smallest absolute Gasteiger partial charge is 0.255 e. The summed E-state index contributed by atoms with van der Waals surface area (Å²) < 4.78 is 12.9. The van der Waals surface area contributed by atoms with Crippen molar-refractivity contribution in [2.24, 2.45) is 0 Å². The first-order valence-corrected chi connectivity index (χ1v) is 7.28. The second-order valence-electron chi connectivity index (χ2n) is 5.39. The van der Waals surface area contributed by atoms with Crippen molar-refractivity contribution in [2.75, 3.05) is 5.32 Å². The molecule has 0 aliphatic heterocycles. The highest BCUT2D eigenvalue weighted by Gasteiger charge is 2.08. The Morgan fingerprint density at radius 3 is 2.43 bits per heavy atom. The second kappa shape index (κ2) is 5.25. The van der Waals surface area contributed by atoms with E-state index in [2.05, 4.69) is 10.3 Å². The fraction of sp³-hybridized carbons (Fsp3) is 0. The maximum Gasteiger partial charge on any atom is 0.255 e. The van der Waals surface area contributed by atoms with Gasteiger partial charge in [-0.05, 0) is 48.5 Å². The summed E-state index contributed by atoms with van der Waals surface area (Å²) in [6, 6.07) is 19.2. The van der Waals surface area contributed by atoms with Crippen molar-refractivity contribution in [3.63, 3.8) is 0 Å². The molecule has 1 aromatic heterocycles. The SMILES string of the molecule is O=C(Nc1ccc2[nH]c3ccccc3c2c1)c1ccc(F)cc1. The molecule has 4 heteroatoms. The molecule has 0 aliphatic carbocycles. The maximum atomic E-state index is 12.9. The molecule has 0 atom stereocenters. The Labute approximate surface area is 131 Å². The molecule has 0 saturated heterocycles. The van der Waals surface area contributed by atoms with Crippen molar-refractivity contribution in [1.82, 2.24) is 4.98 Å². The van der Waals surface area contributed by atoms with Crippen LogP contribution in [-0.2, 0) is 0 Å². The lowest BCUT2D eigenvalue weighted by atomic mass is 10.1. The Kier molecular flexibility index (Phi) is 3.08. The number of hydrogen-bond acceptors (Lipinski definition) is 1. The lowest BCUT2D eigenvalue weighted by Crippen LogP contribution is -2.11. The zero-order valence-electron chi connectivity index (χ0n) is 12.1. The van der Waals surface area contributed by atoms with Gasteiger partial charge in [-0.3, -0.25) is 4.79 Å². The lowest BCUT2D eigenvalue weighted by Gasteiger charge is -2.05. The largest absolute Gasteiger partial charge is 0.355 e. The average molecular weight is 304 g/mol. The van der Waals surface area contributed by atoms with Crippen LogP contribution in [0.2, 0.25) is 0 Å². The zero-order chi connectivity index (χ0) is 15.8. The standard InChI is InChI=1S/C19H13FN2O/c20-13-7-5-12(6-8-13)19(23)21-14-9-10-18-16(11-14)15-3-1-2-4-17(15)22-18/h1-11,22H,(H,21,23). The van der Waals surface area contributed by atoms with Gasteiger partial charge in [0.25, 0.3) is 5.91 Å². The van der Waals surface area contributed by atoms with Crippen molar-refractivity contribution in [2.45, 2.75) is 0 Å². The molecule has 0 radical (unpaired) electrons. The van der Waals surface area contributed by atoms with Crippen LogP contribution in [-0.4, -0.2) is 10.9 Å². The van der Waals surface area contributed by atoms with Gasteiger partial charge in [0.2, 0.25) is 0 Å². The topological polar surface area (TPSA) is 44.9 Å². The molecular formula is C19H13FN2O. The number of H-pyrrole nitrogens is 1. The summed E-state index contributed by atoms with van der Waals surface area (Å²) in [5, 5.41) is 5.01. The Morgan fingerprint density at radius 1 is 0.870 bits per heavy atom. The number of hydrogen-bond donors (Lipinski definition) is 2. The van der Waals surface area contributed by atoms with Crippen molar-refractivity contribution >= 4 is 33.4 Å². The van der Waals surface area contributed by atoms with Crippen molar-refractivity contribution in [3.8, 4) is 0 Å². The van der Waals surface area contributed by atoms with Crippen LogP contribution in [0.15, 0.2) is 66.7 Å². The molecule has 23 heavy (non-hydrogen) atoms. The minimum atomic E-state index is -0.359. The van der Waals surface area contributed by atoms with Crippen LogP contribution in [0.1, 0.15) is 10.4 Å². The molecule has 112 valence electrons. The van der Waals surface area contributed by atoms with E-state index in [0.717, 1.165) is 21.8 Å². The molecule has 1 heterocycles. The summed E-state index contributed by atoms with van der Waals surface area (Å²) in [6.45, 7) is 0. The van der Waals surface area contributed by atoms with Gasteiger partial charge in [-0.15, -0.1) is 0 Å². The van der Waals surface area contributed by atoms with E-state index in [0.29, 0.717) is 11.3 Å². The van der Waals surface area contributed by atoms with Gasteiger partial charge in [0.15, 0.2) is 0 Å². The summed E-state index contributed by atoms with van der Waals surface area (Å²) >= 11 is 0. The number of rotatable bonds is 2. The lowest BCUT2D eigenvalue weighted by molar-refractivity contribution is 0.102. The fourth-order valence-corrected chi connectivity index (χ4v) is 2.73. The number of carbonyl (C=O) groups excluding carboxylic acids is 1.